The summed E-state index contributed by atoms with van der Waals surface area (Å²) in [6.45, 7) is 7.96. The largest absolute Gasteiger partial charge is 0.505 e. The van der Waals surface area contributed by atoms with Gasteiger partial charge >= 0.3 is 22.8 Å². The van der Waals surface area contributed by atoms with E-state index in [1.165, 1.54) is 18.2 Å². The molecule has 1 aliphatic heterocycles. The molecular weight excluding hydrogens is 849 g/mol. The van der Waals surface area contributed by atoms with Crippen molar-refractivity contribution in [1.82, 2.24) is 14.7 Å². The minimum Gasteiger partial charge on any atom is -0.505 e. The fourth-order valence-electron chi connectivity index (χ4n) is 6.72. The molecule has 60 heavy (non-hydrogen) atoms. The van der Waals surface area contributed by atoms with Crippen LogP contribution in [0.3, 0.4) is 0 Å². The fourth-order valence-corrected chi connectivity index (χ4v) is 8.08. The highest BCUT2D eigenvalue weighted by Crippen LogP contribution is 2.38. The molecule has 3 aromatic carbocycles. The van der Waals surface area contributed by atoms with Gasteiger partial charge in [-0.3, -0.25) is 42.8 Å². The van der Waals surface area contributed by atoms with Crippen LogP contribution in [0.4, 0.5) is 17.1 Å². The molecule has 3 amide bonds. The summed E-state index contributed by atoms with van der Waals surface area (Å²) in [5.74, 6) is -3.87. The predicted octanol–water partition coefficient (Wildman–Crippen LogP) is 1.90. The number of benzene rings is 3. The lowest BCUT2D eigenvalue weighted by Crippen LogP contribution is -2.35. The molecule has 0 spiro atoms. The lowest BCUT2D eigenvalue weighted by molar-refractivity contribution is -0.115. The maximum Gasteiger partial charge on any atom is 0.334 e. The van der Waals surface area contributed by atoms with Gasteiger partial charge in [-0.2, -0.15) is 0 Å². The number of rotatable bonds is 15. The van der Waals surface area contributed by atoms with E-state index < -0.39 is 59.0 Å². The first-order valence-electron chi connectivity index (χ1n) is 18.4. The Kier molecular flexibility index (Phi) is 16.2. The average Bonchev–Trinajstić information content (AvgIpc) is 3.16. The molecule has 330 valence electrons. The average molecular weight is 901 g/mol. The van der Waals surface area contributed by atoms with Crippen LogP contribution in [0, 0.1) is 20.8 Å². The topological polar surface area (TPSA) is 330 Å². The van der Waals surface area contributed by atoms with Gasteiger partial charge in [-0.1, -0.05) is 18.2 Å². The van der Waals surface area contributed by atoms with E-state index in [9.17, 15) is 72.8 Å². The first-order chi connectivity index (χ1) is 27.7. The summed E-state index contributed by atoms with van der Waals surface area (Å²) >= 11 is 0. The first-order valence-corrected chi connectivity index (χ1v) is 23.8. The number of aryl methyl sites for hydroxylation is 3. The third kappa shape index (κ3) is 15.7. The molecule has 3 aromatic rings. The van der Waals surface area contributed by atoms with Crippen molar-refractivity contribution in [3.8, 4) is 17.2 Å². The quantitative estimate of drug-likeness (QED) is 0.0765. The Bertz CT molecular complexity index is 1980. The summed E-state index contributed by atoms with van der Waals surface area (Å²) in [6, 6.07) is 9.51. The number of carbonyl (C=O) groups is 3. The van der Waals surface area contributed by atoms with Crippen LogP contribution in [0.2, 0.25) is 0 Å². The number of anilines is 3. The summed E-state index contributed by atoms with van der Waals surface area (Å²) in [5.41, 5.74) is 3.01. The van der Waals surface area contributed by atoms with Crippen molar-refractivity contribution in [1.29, 1.82) is 0 Å². The van der Waals surface area contributed by atoms with Gasteiger partial charge in [0.05, 0.1) is 17.1 Å². The Morgan fingerprint density at radius 2 is 0.683 bits per heavy atom. The Morgan fingerprint density at radius 1 is 0.467 bits per heavy atom. The van der Waals surface area contributed by atoms with Crippen LogP contribution in [0.15, 0.2) is 36.4 Å². The maximum absolute atomic E-state index is 12.4. The van der Waals surface area contributed by atoms with E-state index in [1.807, 2.05) is 14.7 Å². The Labute approximate surface area is 345 Å². The van der Waals surface area contributed by atoms with Gasteiger partial charge in [0.25, 0.3) is 0 Å². The van der Waals surface area contributed by atoms with Gasteiger partial charge in [0.15, 0.2) is 0 Å². The third-order valence-corrected chi connectivity index (χ3v) is 11.3. The molecule has 0 atom stereocenters. The molecule has 0 unspecified atom stereocenters. The minimum atomic E-state index is -4.68. The first kappa shape index (κ1) is 48.5. The summed E-state index contributed by atoms with van der Waals surface area (Å²) in [5, 5.41) is 40.8. The molecule has 1 aliphatic rings. The lowest BCUT2D eigenvalue weighted by atomic mass is 10.1. The Morgan fingerprint density at radius 3 is 0.883 bits per heavy atom. The Balaban J connectivity index is 1.65. The van der Waals surface area contributed by atoms with Gasteiger partial charge in [0.2, 0.25) is 17.7 Å². The second-order valence-electron chi connectivity index (χ2n) is 14.9. The molecule has 0 radical (unpaired) electrons. The van der Waals surface area contributed by atoms with Gasteiger partial charge in [0, 0.05) is 75.6 Å². The van der Waals surface area contributed by atoms with Gasteiger partial charge < -0.3 is 60.6 Å². The zero-order chi connectivity index (χ0) is 44.7. The number of aromatic hydroxyl groups is 3. The predicted molar refractivity (Wildman–Crippen MR) is 221 cm³/mol. The van der Waals surface area contributed by atoms with Crippen LogP contribution in [-0.2, 0) is 47.7 Å². The second kappa shape index (κ2) is 20.1. The van der Waals surface area contributed by atoms with E-state index >= 15 is 0 Å². The van der Waals surface area contributed by atoms with E-state index in [-0.39, 0.29) is 53.9 Å². The number of amides is 3. The number of nitrogens with one attached hydrogen (secondary N) is 3. The molecule has 1 fully saturated rings. The SMILES string of the molecule is Cc1cc(CN2CCN(Cc3cc(C)cc(NC(=O)CP(=O)(O)O)c3O)CCN(Cc3cc(C)cc(NC(=O)CP(=O)(O)O)c3O)CC2)c(O)c(NC(=O)CP(=O)(O)O)c1. The van der Waals surface area contributed by atoms with Gasteiger partial charge in [-0.15, -0.1) is 0 Å². The summed E-state index contributed by atoms with van der Waals surface area (Å²) < 4.78 is 34.2. The van der Waals surface area contributed by atoms with Crippen LogP contribution in [0.5, 0.6) is 17.2 Å². The van der Waals surface area contributed by atoms with Crippen LogP contribution < -0.4 is 16.0 Å². The standard InChI is InChI=1S/C36H51N6O15P3/c1-22-10-25(34(46)28(13-22)37-31(43)19-58(49,50)51)16-40-4-6-41(17-26-11-23(2)14-29(35(26)47)38-32(44)20-59(52,53)54)8-9-42(7-5-40)18-27-12-24(3)15-30(36(27)48)39-33(45)21-60(55,56)57/h10-15,46-48H,4-9,16-21H2,1-3H3,(H,37,43)(H,38,44)(H,39,45)(H2,49,50,51)(H2,52,53,54)(H2,55,56,57). The molecule has 1 saturated heterocycles. The van der Waals surface area contributed by atoms with Crippen LogP contribution >= 0.6 is 22.8 Å². The molecule has 24 heteroatoms. The van der Waals surface area contributed by atoms with Gasteiger partial charge in [0.1, 0.15) is 35.7 Å². The summed E-state index contributed by atoms with van der Waals surface area (Å²) in [7, 11) is -14.1. The normalized spacial score (nSPS) is 15.2. The zero-order valence-electron chi connectivity index (χ0n) is 33.1. The molecule has 0 saturated carbocycles. The highest BCUT2D eigenvalue weighted by Gasteiger charge is 2.26. The molecule has 0 bridgehead atoms. The molecular formula is C36H51N6O15P3. The van der Waals surface area contributed by atoms with Gasteiger partial charge in [-0.25, -0.2) is 0 Å². The van der Waals surface area contributed by atoms with Crippen LogP contribution in [0.1, 0.15) is 33.4 Å². The molecule has 0 aromatic heterocycles. The summed E-state index contributed by atoms with van der Waals surface area (Å²) in [4.78, 5) is 98.6. The fraction of sp³-hybridized carbons (Fsp3) is 0.417. The van der Waals surface area contributed by atoms with E-state index in [0.717, 1.165) is 0 Å². The molecule has 12 N–H and O–H groups in total. The molecule has 21 nitrogen and oxygen atoms in total. The molecule has 4 rings (SSSR count). The summed E-state index contributed by atoms with van der Waals surface area (Å²) in [6.07, 6.45) is -3.24. The van der Waals surface area contributed by atoms with E-state index in [4.69, 9.17) is 0 Å². The van der Waals surface area contributed by atoms with Crippen molar-refractivity contribution < 1.29 is 72.8 Å². The van der Waals surface area contributed by atoms with Gasteiger partial charge in [-0.05, 0) is 55.7 Å². The number of carbonyl (C=O) groups excluding carboxylic acids is 3. The van der Waals surface area contributed by atoms with E-state index in [0.29, 0.717) is 72.6 Å². The number of nitrogens with zero attached hydrogens (tertiary/aromatic N) is 3. The lowest BCUT2D eigenvalue weighted by Gasteiger charge is -2.27. The number of phenolic OH excluding ortho intramolecular Hbond substituents is 3. The van der Waals surface area contributed by atoms with Crippen molar-refractivity contribution in [3.05, 3.63) is 69.8 Å². The number of phenols is 3. The monoisotopic (exact) mass is 900 g/mol. The highest BCUT2D eigenvalue weighted by atomic mass is 31.2. The van der Waals surface area contributed by atoms with E-state index in [2.05, 4.69) is 16.0 Å². The molecule has 1 heterocycles. The Hall–Kier alpha value is -4.20. The van der Waals surface area contributed by atoms with Crippen molar-refractivity contribution in [2.45, 2.75) is 40.4 Å². The smallest absolute Gasteiger partial charge is 0.334 e. The maximum atomic E-state index is 12.4. The van der Waals surface area contributed by atoms with Crippen molar-refractivity contribution in [2.75, 3.05) is 73.7 Å². The highest BCUT2D eigenvalue weighted by molar-refractivity contribution is 7.53. The van der Waals surface area contributed by atoms with Crippen LogP contribution in [0.25, 0.3) is 0 Å². The molecule has 0 aliphatic carbocycles. The zero-order valence-corrected chi connectivity index (χ0v) is 35.8. The second-order valence-corrected chi connectivity index (χ2v) is 19.8. The van der Waals surface area contributed by atoms with Crippen molar-refractivity contribution in [2.24, 2.45) is 0 Å². The minimum absolute atomic E-state index is 0.0341. The number of hydrogen-bond acceptors (Lipinski definition) is 12. The van der Waals surface area contributed by atoms with Crippen molar-refractivity contribution >= 4 is 57.6 Å². The third-order valence-electron chi connectivity index (χ3n) is 9.25. The number of hydrogen-bond donors (Lipinski definition) is 12. The van der Waals surface area contributed by atoms with E-state index in [1.54, 1.807) is 39.0 Å². The van der Waals surface area contributed by atoms with Crippen LogP contribution in [-0.4, -0.2) is 135 Å². The van der Waals surface area contributed by atoms with Crippen molar-refractivity contribution in [3.63, 3.8) is 0 Å².